The van der Waals surface area contributed by atoms with Gasteiger partial charge in [-0.25, -0.2) is 4.79 Å². The van der Waals surface area contributed by atoms with Crippen molar-refractivity contribution in [1.29, 1.82) is 0 Å². The molecule has 0 aromatic heterocycles. The van der Waals surface area contributed by atoms with Crippen LogP contribution in [-0.4, -0.2) is 50.5 Å². The van der Waals surface area contributed by atoms with Crippen LogP contribution in [0.2, 0.25) is 0 Å². The number of hydrogen-bond acceptors (Lipinski definition) is 5. The summed E-state index contributed by atoms with van der Waals surface area (Å²) in [5.74, 6) is 0.956. The lowest BCUT2D eigenvalue weighted by Gasteiger charge is -2.38. The molecular formula is C22H24ClNO5. The summed E-state index contributed by atoms with van der Waals surface area (Å²) in [6.07, 6.45) is 1.19. The summed E-state index contributed by atoms with van der Waals surface area (Å²) in [6, 6.07) is 10.5. The Morgan fingerprint density at radius 1 is 1.14 bits per heavy atom. The van der Waals surface area contributed by atoms with E-state index in [4.69, 9.17) is 25.8 Å². The van der Waals surface area contributed by atoms with Gasteiger partial charge in [0.1, 0.15) is 0 Å². The van der Waals surface area contributed by atoms with Crippen LogP contribution in [-0.2, 0) is 11.2 Å². The Labute approximate surface area is 175 Å². The van der Waals surface area contributed by atoms with Crippen molar-refractivity contribution in [2.45, 2.75) is 18.9 Å². The van der Waals surface area contributed by atoms with Crippen molar-refractivity contribution in [3.8, 4) is 11.5 Å². The number of rotatable bonds is 7. The van der Waals surface area contributed by atoms with E-state index in [0.717, 1.165) is 11.1 Å². The second-order valence-electron chi connectivity index (χ2n) is 6.70. The van der Waals surface area contributed by atoms with Gasteiger partial charge in [-0.1, -0.05) is 18.2 Å². The van der Waals surface area contributed by atoms with Gasteiger partial charge in [-0.2, -0.15) is 0 Å². The smallest absolute Gasteiger partial charge is 0.338 e. The molecule has 0 aliphatic carbocycles. The van der Waals surface area contributed by atoms with Gasteiger partial charge in [0, 0.05) is 18.0 Å². The first-order valence-corrected chi connectivity index (χ1v) is 9.88. The summed E-state index contributed by atoms with van der Waals surface area (Å²) in [6.45, 7) is 0.482. The number of alkyl halides is 1. The second kappa shape index (κ2) is 9.18. The maximum absolute atomic E-state index is 13.4. The topological polar surface area (TPSA) is 65.1 Å². The maximum Gasteiger partial charge on any atom is 0.338 e. The monoisotopic (exact) mass is 417 g/mol. The number of methoxy groups -OCH3 is 3. The van der Waals surface area contributed by atoms with Gasteiger partial charge < -0.3 is 19.1 Å². The number of fused-ring (bicyclic) bond motifs is 1. The van der Waals surface area contributed by atoms with Gasteiger partial charge in [-0.3, -0.25) is 4.79 Å². The Morgan fingerprint density at radius 2 is 1.83 bits per heavy atom. The summed E-state index contributed by atoms with van der Waals surface area (Å²) in [5.41, 5.74) is 2.62. The number of hydrogen-bond donors (Lipinski definition) is 0. The van der Waals surface area contributed by atoms with E-state index in [1.165, 1.54) is 14.2 Å². The van der Waals surface area contributed by atoms with Crippen molar-refractivity contribution < 1.29 is 23.8 Å². The number of halogens is 1. The van der Waals surface area contributed by atoms with Crippen LogP contribution in [0.5, 0.6) is 11.5 Å². The Morgan fingerprint density at radius 3 is 2.48 bits per heavy atom. The van der Waals surface area contributed by atoms with Gasteiger partial charge in [-0.15, -0.1) is 11.6 Å². The van der Waals surface area contributed by atoms with Crippen molar-refractivity contribution in [3.63, 3.8) is 0 Å². The van der Waals surface area contributed by atoms with Crippen LogP contribution < -0.4 is 9.47 Å². The molecule has 0 saturated heterocycles. The lowest BCUT2D eigenvalue weighted by Crippen LogP contribution is -2.41. The van der Waals surface area contributed by atoms with E-state index in [2.05, 4.69) is 0 Å². The minimum absolute atomic E-state index is 0.123. The lowest BCUT2D eigenvalue weighted by molar-refractivity contribution is 0.0578. The molecule has 2 aromatic rings. The summed E-state index contributed by atoms with van der Waals surface area (Å²) in [5, 5.41) is 0. The highest BCUT2D eigenvalue weighted by molar-refractivity contribution is 6.17. The second-order valence-corrected chi connectivity index (χ2v) is 7.08. The van der Waals surface area contributed by atoms with E-state index in [-0.39, 0.29) is 11.9 Å². The van der Waals surface area contributed by atoms with Crippen molar-refractivity contribution in [3.05, 3.63) is 58.7 Å². The van der Waals surface area contributed by atoms with Crippen LogP contribution in [0.3, 0.4) is 0 Å². The molecule has 0 bridgehead atoms. The fourth-order valence-corrected chi connectivity index (χ4v) is 3.87. The number of amides is 1. The Bertz CT molecular complexity index is 914. The van der Waals surface area contributed by atoms with Gasteiger partial charge >= 0.3 is 5.97 Å². The number of nitrogens with zero attached hydrogens (tertiary/aromatic N) is 1. The Kier molecular flexibility index (Phi) is 6.64. The molecule has 1 aliphatic rings. The first-order chi connectivity index (χ1) is 14.0. The molecule has 1 amide bonds. The highest BCUT2D eigenvalue weighted by Crippen LogP contribution is 2.39. The van der Waals surface area contributed by atoms with Crippen molar-refractivity contribution in [2.75, 3.05) is 33.8 Å². The van der Waals surface area contributed by atoms with Crippen LogP contribution in [0.15, 0.2) is 36.4 Å². The van der Waals surface area contributed by atoms with Gasteiger partial charge in [0.2, 0.25) is 0 Å². The molecule has 2 aromatic carbocycles. The molecule has 6 nitrogen and oxygen atoms in total. The number of carbonyl (C=O) groups excluding carboxylic acids is 2. The number of ether oxygens (including phenoxy) is 3. The quantitative estimate of drug-likeness (QED) is 0.505. The first-order valence-electron chi connectivity index (χ1n) is 9.34. The number of esters is 1. The predicted molar refractivity (Wildman–Crippen MR) is 110 cm³/mol. The normalized spacial score (nSPS) is 15.7. The van der Waals surface area contributed by atoms with Crippen molar-refractivity contribution in [1.82, 2.24) is 4.90 Å². The zero-order valence-corrected chi connectivity index (χ0v) is 17.5. The first kappa shape index (κ1) is 21.0. The molecule has 1 atom stereocenters. The maximum atomic E-state index is 13.4. The molecule has 1 aliphatic heterocycles. The largest absolute Gasteiger partial charge is 0.493 e. The zero-order valence-electron chi connectivity index (χ0n) is 16.7. The van der Waals surface area contributed by atoms with Gasteiger partial charge in [0.05, 0.1) is 32.9 Å². The van der Waals surface area contributed by atoms with Gasteiger partial charge in [-0.05, 0) is 42.2 Å². The third kappa shape index (κ3) is 4.03. The summed E-state index contributed by atoms with van der Waals surface area (Å²) in [4.78, 5) is 27.5. The number of benzene rings is 2. The minimum Gasteiger partial charge on any atom is -0.493 e. The number of carbonyl (C=O) groups is 2. The molecule has 0 spiro atoms. The molecule has 0 radical (unpaired) electrons. The van der Waals surface area contributed by atoms with E-state index >= 15 is 0 Å². The van der Waals surface area contributed by atoms with Crippen LogP contribution >= 0.6 is 11.6 Å². The Hall–Kier alpha value is -2.73. The highest BCUT2D eigenvalue weighted by atomic mass is 35.5. The van der Waals surface area contributed by atoms with Crippen LogP contribution in [0, 0.1) is 0 Å². The molecule has 0 N–H and O–H groups in total. The third-order valence-electron chi connectivity index (χ3n) is 5.15. The summed E-state index contributed by atoms with van der Waals surface area (Å²) in [7, 11) is 4.45. The van der Waals surface area contributed by atoms with Crippen LogP contribution in [0.25, 0.3) is 0 Å². The molecule has 1 unspecified atom stereocenters. The van der Waals surface area contributed by atoms with Gasteiger partial charge in [0.15, 0.2) is 11.5 Å². The molecule has 29 heavy (non-hydrogen) atoms. The average Bonchev–Trinajstić information content (AvgIpc) is 2.76. The predicted octanol–water partition coefficient (Wildman–Crippen LogP) is 3.86. The van der Waals surface area contributed by atoms with Gasteiger partial charge in [0.25, 0.3) is 5.91 Å². The SMILES string of the molecule is COC(=O)c1ccccc1C1Cc2cc(OC)c(OC)cc2C(=O)N1CCCCl. The van der Waals surface area contributed by atoms with E-state index in [1.54, 1.807) is 30.2 Å². The van der Waals surface area contributed by atoms with Crippen molar-refractivity contribution in [2.24, 2.45) is 0 Å². The molecular weight excluding hydrogens is 394 g/mol. The summed E-state index contributed by atoms with van der Waals surface area (Å²) < 4.78 is 15.7. The molecule has 0 saturated carbocycles. The highest BCUT2D eigenvalue weighted by Gasteiger charge is 2.36. The lowest BCUT2D eigenvalue weighted by atomic mass is 9.87. The third-order valence-corrected chi connectivity index (χ3v) is 5.42. The molecule has 0 fully saturated rings. The van der Waals surface area contributed by atoms with Crippen LogP contribution in [0.4, 0.5) is 0 Å². The standard InChI is InChI=1S/C22H24ClNO5/c1-27-19-12-14-11-18(15-7-4-5-8-16(15)22(26)29-3)24(10-6-9-23)21(25)17(14)13-20(19)28-2/h4-5,7-8,12-13,18H,6,9-11H2,1-3H3. The molecule has 1 heterocycles. The Balaban J connectivity index is 2.12. The average molecular weight is 418 g/mol. The van der Waals surface area contributed by atoms with E-state index in [1.807, 2.05) is 18.2 Å². The molecule has 154 valence electrons. The fraction of sp³-hybridized carbons (Fsp3) is 0.364. The van der Waals surface area contributed by atoms with E-state index < -0.39 is 5.97 Å². The van der Waals surface area contributed by atoms with E-state index in [9.17, 15) is 9.59 Å². The summed E-state index contributed by atoms with van der Waals surface area (Å²) >= 11 is 5.91. The van der Waals surface area contributed by atoms with E-state index in [0.29, 0.717) is 47.9 Å². The van der Waals surface area contributed by atoms with Crippen LogP contribution in [0.1, 0.15) is 44.3 Å². The molecule has 3 rings (SSSR count). The molecule has 7 heteroatoms. The fourth-order valence-electron chi connectivity index (χ4n) is 3.75. The minimum atomic E-state index is -0.427. The van der Waals surface area contributed by atoms with Crippen molar-refractivity contribution >= 4 is 23.5 Å². The zero-order chi connectivity index (χ0) is 21.0.